The molecule has 0 aromatic rings. The van der Waals surface area contributed by atoms with E-state index in [4.69, 9.17) is 10.5 Å². The van der Waals surface area contributed by atoms with E-state index < -0.39 is 0 Å². The van der Waals surface area contributed by atoms with Crippen LogP contribution in [-0.2, 0) is 4.74 Å². The first kappa shape index (κ1) is 15.4. The van der Waals surface area contributed by atoms with E-state index in [9.17, 15) is 0 Å². The molecule has 0 heterocycles. The maximum absolute atomic E-state index is 5.96. The second-order valence-corrected chi connectivity index (χ2v) is 6.25. The Hall–Kier alpha value is -0.570. The second kappa shape index (κ2) is 6.24. The molecule has 0 spiro atoms. The Balaban J connectivity index is 4.05. The number of ether oxygens (including phenoxy) is 1. The van der Waals surface area contributed by atoms with Gasteiger partial charge in [0, 0.05) is 19.1 Å². The maximum Gasteiger partial charge on any atom is 0.102 e. The monoisotopic (exact) mass is 228 g/mol. The van der Waals surface area contributed by atoms with E-state index in [1.54, 1.807) is 7.11 Å². The van der Waals surface area contributed by atoms with Crippen LogP contribution >= 0.6 is 0 Å². The van der Waals surface area contributed by atoms with E-state index in [0.717, 1.165) is 13.0 Å². The van der Waals surface area contributed by atoms with Gasteiger partial charge in [0.05, 0.1) is 6.61 Å². The Morgan fingerprint density at radius 3 is 2.19 bits per heavy atom. The maximum atomic E-state index is 5.96. The lowest BCUT2D eigenvalue weighted by Crippen LogP contribution is -2.36. The molecule has 3 nitrogen and oxygen atoms in total. The van der Waals surface area contributed by atoms with Crippen molar-refractivity contribution < 1.29 is 4.74 Å². The molecule has 0 aliphatic heterocycles. The number of hydrogen-bond donors (Lipinski definition) is 1. The van der Waals surface area contributed by atoms with Gasteiger partial charge in [-0.05, 0) is 18.3 Å². The molecule has 96 valence electrons. The summed E-state index contributed by atoms with van der Waals surface area (Å²) in [5.41, 5.74) is 6.18. The van der Waals surface area contributed by atoms with Crippen molar-refractivity contribution in [2.75, 3.05) is 20.3 Å². The van der Waals surface area contributed by atoms with Gasteiger partial charge < -0.3 is 10.5 Å². The van der Waals surface area contributed by atoms with Gasteiger partial charge in [-0.25, -0.2) is 0 Å². The minimum atomic E-state index is -0.156. The largest absolute Gasteiger partial charge is 0.387 e. The molecule has 0 aromatic carbocycles. The normalized spacial score (nSPS) is 14.2. The zero-order valence-corrected chi connectivity index (χ0v) is 11.8. The molecule has 2 N–H and O–H groups in total. The predicted molar refractivity (Wildman–Crippen MR) is 70.8 cm³/mol. The van der Waals surface area contributed by atoms with Crippen molar-refractivity contribution in [3.05, 3.63) is 0 Å². The molecule has 0 rings (SSSR count). The highest BCUT2D eigenvalue weighted by Crippen LogP contribution is 2.20. The Kier molecular flexibility index (Phi) is 6.01. The van der Waals surface area contributed by atoms with Crippen LogP contribution in [0.5, 0.6) is 0 Å². The Morgan fingerprint density at radius 2 is 1.75 bits per heavy atom. The fraction of sp³-hybridized carbons (Fsp3) is 0.923. The number of nitrogens with zero attached hydrogens (tertiary/aromatic N) is 1. The third-order valence-electron chi connectivity index (χ3n) is 2.57. The lowest BCUT2D eigenvalue weighted by molar-refractivity contribution is 0.141. The van der Waals surface area contributed by atoms with E-state index in [1.165, 1.54) is 6.42 Å². The second-order valence-electron chi connectivity index (χ2n) is 6.25. The third kappa shape index (κ3) is 6.83. The van der Waals surface area contributed by atoms with Crippen molar-refractivity contribution in [3.63, 3.8) is 0 Å². The molecular formula is C13H28N2O. The molecule has 0 fully saturated rings. The quantitative estimate of drug-likeness (QED) is 0.432. The van der Waals surface area contributed by atoms with Gasteiger partial charge in [-0.2, -0.15) is 0 Å². The summed E-state index contributed by atoms with van der Waals surface area (Å²) < 4.78 is 5.13. The fourth-order valence-electron chi connectivity index (χ4n) is 1.46. The van der Waals surface area contributed by atoms with Gasteiger partial charge in [-0.15, -0.1) is 0 Å². The Labute approximate surface area is 100 Å². The van der Waals surface area contributed by atoms with Crippen LogP contribution in [0.3, 0.4) is 0 Å². The first-order valence-electron chi connectivity index (χ1n) is 5.98. The average molecular weight is 228 g/mol. The minimum absolute atomic E-state index is 0.156. The molecule has 16 heavy (non-hydrogen) atoms. The molecule has 0 saturated heterocycles. The summed E-state index contributed by atoms with van der Waals surface area (Å²) in [5, 5.41) is 0. The van der Waals surface area contributed by atoms with Crippen LogP contribution in [0.1, 0.15) is 47.5 Å². The highest BCUT2D eigenvalue weighted by molar-refractivity contribution is 5.85. The molecule has 3 heteroatoms. The lowest BCUT2D eigenvalue weighted by atomic mass is 9.90. The summed E-state index contributed by atoms with van der Waals surface area (Å²) in [7, 11) is 1.69. The van der Waals surface area contributed by atoms with Gasteiger partial charge in [-0.1, -0.05) is 34.6 Å². The SMILES string of the molecule is COCC(C)(C)C(N)=NCCCC(C)(C)C. The van der Waals surface area contributed by atoms with E-state index in [0.29, 0.717) is 17.9 Å². The number of aliphatic imine (C=N–C) groups is 1. The van der Waals surface area contributed by atoms with Crippen LogP contribution in [0, 0.1) is 10.8 Å². The van der Waals surface area contributed by atoms with Crippen molar-refractivity contribution in [1.29, 1.82) is 0 Å². The summed E-state index contributed by atoms with van der Waals surface area (Å²) in [6.07, 6.45) is 2.27. The smallest absolute Gasteiger partial charge is 0.102 e. The molecule has 0 aliphatic carbocycles. The molecule has 0 aliphatic rings. The fourth-order valence-corrected chi connectivity index (χ4v) is 1.46. The van der Waals surface area contributed by atoms with Crippen molar-refractivity contribution in [1.82, 2.24) is 0 Å². The number of methoxy groups -OCH3 is 1. The molecule has 0 unspecified atom stereocenters. The van der Waals surface area contributed by atoms with E-state index in [-0.39, 0.29) is 5.41 Å². The average Bonchev–Trinajstić information content (AvgIpc) is 2.10. The van der Waals surface area contributed by atoms with Crippen molar-refractivity contribution in [3.8, 4) is 0 Å². The van der Waals surface area contributed by atoms with Gasteiger partial charge in [0.1, 0.15) is 5.84 Å². The summed E-state index contributed by atoms with van der Waals surface area (Å²) >= 11 is 0. The Morgan fingerprint density at radius 1 is 1.19 bits per heavy atom. The summed E-state index contributed by atoms with van der Waals surface area (Å²) in [4.78, 5) is 4.43. The number of rotatable bonds is 6. The molecule has 0 saturated carbocycles. The molecule has 0 radical (unpaired) electrons. The zero-order valence-electron chi connectivity index (χ0n) is 11.8. The third-order valence-corrected chi connectivity index (χ3v) is 2.57. The summed E-state index contributed by atoms with van der Waals surface area (Å²) in [6.45, 7) is 12.3. The first-order valence-corrected chi connectivity index (χ1v) is 5.98. The summed E-state index contributed by atoms with van der Waals surface area (Å²) in [6, 6.07) is 0. The van der Waals surface area contributed by atoms with Crippen LogP contribution < -0.4 is 5.73 Å². The van der Waals surface area contributed by atoms with Crippen LogP contribution in [0.25, 0.3) is 0 Å². The molecular weight excluding hydrogens is 200 g/mol. The topological polar surface area (TPSA) is 47.6 Å². The van der Waals surface area contributed by atoms with Gasteiger partial charge in [0.25, 0.3) is 0 Å². The zero-order chi connectivity index (χ0) is 12.8. The van der Waals surface area contributed by atoms with Crippen molar-refractivity contribution in [2.45, 2.75) is 47.5 Å². The van der Waals surface area contributed by atoms with Gasteiger partial charge >= 0.3 is 0 Å². The van der Waals surface area contributed by atoms with Crippen molar-refractivity contribution >= 4 is 5.84 Å². The van der Waals surface area contributed by atoms with Crippen LogP contribution in [0.15, 0.2) is 4.99 Å². The van der Waals surface area contributed by atoms with Crippen LogP contribution in [0.2, 0.25) is 0 Å². The molecule has 0 amide bonds. The van der Waals surface area contributed by atoms with E-state index in [2.05, 4.69) is 39.6 Å². The van der Waals surface area contributed by atoms with Crippen LogP contribution in [-0.4, -0.2) is 26.1 Å². The van der Waals surface area contributed by atoms with E-state index >= 15 is 0 Å². The summed E-state index contributed by atoms with van der Waals surface area (Å²) in [5.74, 6) is 0.697. The number of nitrogens with two attached hydrogens (primary N) is 1. The molecule has 0 atom stereocenters. The number of hydrogen-bond acceptors (Lipinski definition) is 2. The first-order chi connectivity index (χ1) is 7.19. The molecule has 0 aromatic heterocycles. The van der Waals surface area contributed by atoms with Gasteiger partial charge in [0.2, 0.25) is 0 Å². The van der Waals surface area contributed by atoms with Gasteiger partial charge in [-0.3, -0.25) is 4.99 Å². The molecule has 0 bridgehead atoms. The lowest BCUT2D eigenvalue weighted by Gasteiger charge is -2.23. The van der Waals surface area contributed by atoms with E-state index in [1.807, 2.05) is 0 Å². The predicted octanol–water partition coefficient (Wildman–Crippen LogP) is 2.84. The standard InChI is InChI=1S/C13H28N2O/c1-12(2,3)8-7-9-15-11(14)13(4,5)10-16-6/h7-10H2,1-6H3,(H2,14,15). The highest BCUT2D eigenvalue weighted by Gasteiger charge is 2.22. The number of amidine groups is 1. The minimum Gasteiger partial charge on any atom is -0.387 e. The Bertz CT molecular complexity index is 227. The highest BCUT2D eigenvalue weighted by atomic mass is 16.5. The van der Waals surface area contributed by atoms with Crippen molar-refractivity contribution in [2.24, 2.45) is 21.6 Å². The van der Waals surface area contributed by atoms with Gasteiger partial charge in [0.15, 0.2) is 0 Å². The van der Waals surface area contributed by atoms with Crippen LogP contribution in [0.4, 0.5) is 0 Å².